The molecule has 27 heavy (non-hydrogen) atoms. The molecule has 6 aliphatic rings. The first-order valence-corrected chi connectivity index (χ1v) is 11.6. The quantitative estimate of drug-likeness (QED) is 0.650. The first kappa shape index (κ1) is 17.7. The summed E-state index contributed by atoms with van der Waals surface area (Å²) in [4.78, 5) is 0. The zero-order valence-corrected chi connectivity index (χ0v) is 18.1. The molecule has 152 valence electrons. The SMILES string of the molecule is CC1(C)[C@H]2CC[C@@]1(C)[C@H]1C[C@H](O[C@H]3C[C@H]4[C@@H](O3)[C@H]3CC[C@@]4(C)C3(C)C)O[C@@H]21. The van der Waals surface area contributed by atoms with E-state index in [9.17, 15) is 0 Å². The highest BCUT2D eigenvalue weighted by Crippen LogP contribution is 2.73. The van der Waals surface area contributed by atoms with Crippen LogP contribution in [0.15, 0.2) is 0 Å². The second-order valence-electron chi connectivity index (χ2n) is 12.4. The minimum absolute atomic E-state index is 0.0432. The zero-order valence-electron chi connectivity index (χ0n) is 18.1. The van der Waals surface area contributed by atoms with Crippen molar-refractivity contribution in [3.05, 3.63) is 0 Å². The van der Waals surface area contributed by atoms with Crippen LogP contribution in [0.3, 0.4) is 0 Å². The minimum atomic E-state index is -0.0432. The minimum Gasteiger partial charge on any atom is -0.349 e. The van der Waals surface area contributed by atoms with E-state index in [0.717, 1.165) is 12.8 Å². The van der Waals surface area contributed by atoms with Crippen LogP contribution in [0.2, 0.25) is 0 Å². The Morgan fingerprint density at radius 2 is 1.04 bits per heavy atom. The molecule has 2 aliphatic heterocycles. The van der Waals surface area contributed by atoms with Gasteiger partial charge in [-0.15, -0.1) is 0 Å². The van der Waals surface area contributed by atoms with Gasteiger partial charge in [0.15, 0.2) is 12.6 Å². The molecule has 0 aromatic rings. The molecule has 0 radical (unpaired) electrons. The summed E-state index contributed by atoms with van der Waals surface area (Å²) in [6.45, 7) is 14.9. The van der Waals surface area contributed by atoms with Gasteiger partial charge >= 0.3 is 0 Å². The first-order chi connectivity index (χ1) is 12.6. The zero-order chi connectivity index (χ0) is 19.0. The van der Waals surface area contributed by atoms with E-state index in [4.69, 9.17) is 14.2 Å². The molecule has 0 spiro atoms. The topological polar surface area (TPSA) is 27.7 Å². The highest BCUT2D eigenvalue weighted by atomic mass is 16.8. The van der Waals surface area contributed by atoms with Gasteiger partial charge in [0.2, 0.25) is 0 Å². The average Bonchev–Trinajstić information content (AvgIpc) is 3.33. The van der Waals surface area contributed by atoms with Crippen molar-refractivity contribution >= 4 is 0 Å². The second kappa shape index (κ2) is 4.95. The van der Waals surface area contributed by atoms with Crippen LogP contribution >= 0.6 is 0 Å². The number of hydrogen-bond donors (Lipinski definition) is 0. The van der Waals surface area contributed by atoms with Crippen molar-refractivity contribution in [3.8, 4) is 0 Å². The fourth-order valence-electron chi connectivity index (χ4n) is 9.27. The lowest BCUT2D eigenvalue weighted by Gasteiger charge is -2.39. The fraction of sp³-hybridized carbons (Fsp3) is 1.00. The molecule has 3 nitrogen and oxygen atoms in total. The molecule has 4 aliphatic carbocycles. The summed E-state index contributed by atoms with van der Waals surface area (Å²) in [7, 11) is 0. The number of hydrogen-bond acceptors (Lipinski definition) is 3. The Morgan fingerprint density at radius 1 is 0.630 bits per heavy atom. The fourth-order valence-corrected chi connectivity index (χ4v) is 9.27. The Kier molecular flexibility index (Phi) is 3.25. The third-order valence-electron chi connectivity index (χ3n) is 11.8. The van der Waals surface area contributed by atoms with Crippen molar-refractivity contribution in [1.82, 2.24) is 0 Å². The van der Waals surface area contributed by atoms with Gasteiger partial charge in [-0.1, -0.05) is 41.5 Å². The van der Waals surface area contributed by atoms with Crippen LogP contribution in [0.4, 0.5) is 0 Å². The van der Waals surface area contributed by atoms with Gasteiger partial charge in [0, 0.05) is 12.8 Å². The molecule has 2 saturated heterocycles. The van der Waals surface area contributed by atoms with Crippen LogP contribution in [0.25, 0.3) is 0 Å². The normalized spacial score (nSPS) is 61.6. The third-order valence-corrected chi connectivity index (χ3v) is 11.8. The lowest BCUT2D eigenvalue weighted by molar-refractivity contribution is -0.242. The molecule has 0 amide bonds. The highest BCUT2D eigenvalue weighted by molar-refractivity contribution is 5.17. The number of ether oxygens (including phenoxy) is 3. The van der Waals surface area contributed by atoms with Crippen molar-refractivity contribution in [2.24, 2.45) is 45.3 Å². The van der Waals surface area contributed by atoms with E-state index in [-0.39, 0.29) is 12.6 Å². The molecule has 4 saturated carbocycles. The molecule has 3 heteroatoms. The van der Waals surface area contributed by atoms with Gasteiger partial charge in [0.25, 0.3) is 0 Å². The molecule has 6 fully saturated rings. The molecule has 2 heterocycles. The highest BCUT2D eigenvalue weighted by Gasteiger charge is 2.71. The summed E-state index contributed by atoms with van der Waals surface area (Å²) in [5, 5.41) is 0. The van der Waals surface area contributed by atoms with Gasteiger partial charge in [-0.3, -0.25) is 0 Å². The van der Waals surface area contributed by atoms with Crippen LogP contribution in [0, 0.1) is 45.3 Å². The standard InChI is InChI=1S/C24H38O3/c1-21(2)13-7-9-23(21,5)15-11-17(26-19(13)15)25-18-12-16-20(27-18)14-8-10-24(16,6)22(14,3)4/h13-20H,7-12H2,1-6H3/t13-,14+,15-,16-,17+,18+,19-,20-,23-,24+/m0/s1. The Labute approximate surface area is 164 Å². The lowest BCUT2D eigenvalue weighted by Crippen LogP contribution is -2.34. The van der Waals surface area contributed by atoms with E-state index in [1.54, 1.807) is 0 Å². The van der Waals surface area contributed by atoms with E-state index in [1.807, 2.05) is 0 Å². The monoisotopic (exact) mass is 374 g/mol. The first-order valence-electron chi connectivity index (χ1n) is 11.6. The summed E-state index contributed by atoms with van der Waals surface area (Å²) in [6, 6.07) is 0. The second-order valence-corrected chi connectivity index (χ2v) is 12.4. The summed E-state index contributed by atoms with van der Waals surface area (Å²) in [5.41, 5.74) is 1.66. The maximum absolute atomic E-state index is 6.54. The van der Waals surface area contributed by atoms with E-state index in [1.165, 1.54) is 25.7 Å². The van der Waals surface area contributed by atoms with E-state index >= 15 is 0 Å². The molecule has 6 rings (SSSR count). The predicted octanol–water partition coefficient (Wildman–Crippen LogP) is 5.38. The number of rotatable bonds is 2. The average molecular weight is 375 g/mol. The van der Waals surface area contributed by atoms with Crippen LogP contribution in [0.1, 0.15) is 80.1 Å². The molecular formula is C24H38O3. The summed E-state index contributed by atoms with van der Waals surface area (Å²) in [5.74, 6) is 2.76. The molecular weight excluding hydrogens is 336 g/mol. The van der Waals surface area contributed by atoms with Gasteiger partial charge in [0.05, 0.1) is 12.2 Å². The molecule has 4 bridgehead atoms. The van der Waals surface area contributed by atoms with Crippen LogP contribution < -0.4 is 0 Å². The van der Waals surface area contributed by atoms with Crippen molar-refractivity contribution in [2.75, 3.05) is 0 Å². The largest absolute Gasteiger partial charge is 0.349 e. The Bertz CT molecular complexity index is 615. The molecule has 0 aromatic carbocycles. The summed E-state index contributed by atoms with van der Waals surface area (Å²) >= 11 is 0. The van der Waals surface area contributed by atoms with Crippen molar-refractivity contribution < 1.29 is 14.2 Å². The molecule has 0 aromatic heterocycles. The van der Waals surface area contributed by atoms with E-state index in [2.05, 4.69) is 41.5 Å². The summed E-state index contributed by atoms with van der Waals surface area (Å²) < 4.78 is 19.6. The summed E-state index contributed by atoms with van der Waals surface area (Å²) in [6.07, 6.45) is 8.27. The lowest BCUT2D eigenvalue weighted by atomic mass is 9.66. The van der Waals surface area contributed by atoms with Crippen LogP contribution in [-0.2, 0) is 14.2 Å². The Hall–Kier alpha value is -0.120. The van der Waals surface area contributed by atoms with Crippen molar-refractivity contribution in [1.29, 1.82) is 0 Å². The van der Waals surface area contributed by atoms with Gasteiger partial charge < -0.3 is 14.2 Å². The molecule has 0 unspecified atom stereocenters. The van der Waals surface area contributed by atoms with Gasteiger partial charge in [-0.05, 0) is 71.0 Å². The smallest absolute Gasteiger partial charge is 0.161 e. The predicted molar refractivity (Wildman–Crippen MR) is 104 cm³/mol. The van der Waals surface area contributed by atoms with Gasteiger partial charge in [0.1, 0.15) is 0 Å². The van der Waals surface area contributed by atoms with E-state index in [0.29, 0.717) is 57.5 Å². The van der Waals surface area contributed by atoms with Gasteiger partial charge in [-0.2, -0.15) is 0 Å². The number of fused-ring (bicyclic) bond motifs is 10. The Morgan fingerprint density at radius 3 is 1.41 bits per heavy atom. The van der Waals surface area contributed by atoms with Crippen molar-refractivity contribution in [3.63, 3.8) is 0 Å². The third kappa shape index (κ3) is 1.83. The Balaban J connectivity index is 1.15. The molecule has 10 atom stereocenters. The van der Waals surface area contributed by atoms with Crippen molar-refractivity contribution in [2.45, 2.75) is 105 Å². The van der Waals surface area contributed by atoms with Crippen LogP contribution in [-0.4, -0.2) is 24.8 Å². The van der Waals surface area contributed by atoms with Crippen LogP contribution in [0.5, 0.6) is 0 Å². The van der Waals surface area contributed by atoms with Gasteiger partial charge in [-0.25, -0.2) is 0 Å². The maximum Gasteiger partial charge on any atom is 0.161 e. The maximum atomic E-state index is 6.54. The van der Waals surface area contributed by atoms with E-state index < -0.39 is 0 Å². The molecule has 0 N–H and O–H groups in total.